The van der Waals surface area contributed by atoms with Crippen molar-refractivity contribution in [3.8, 4) is 0 Å². The molecule has 2 heterocycles. The van der Waals surface area contributed by atoms with Gasteiger partial charge in [0.25, 0.3) is 10.0 Å². The SMILES string of the molecule is NS(=O)(=O)c1cnc2ccc(Br)cn12. The van der Waals surface area contributed by atoms with Gasteiger partial charge in [0.1, 0.15) is 5.65 Å². The van der Waals surface area contributed by atoms with Gasteiger partial charge in [0.2, 0.25) is 0 Å². The second-order valence-corrected chi connectivity index (χ2v) is 5.14. The first-order chi connectivity index (χ1) is 6.48. The average molecular weight is 276 g/mol. The lowest BCUT2D eigenvalue weighted by atomic mass is 10.5. The molecule has 14 heavy (non-hydrogen) atoms. The smallest absolute Gasteiger partial charge is 0.255 e. The van der Waals surface area contributed by atoms with Crippen molar-refractivity contribution in [1.29, 1.82) is 0 Å². The maximum atomic E-state index is 11.1. The molecule has 0 saturated heterocycles. The zero-order valence-electron chi connectivity index (χ0n) is 6.88. The van der Waals surface area contributed by atoms with Crippen molar-refractivity contribution >= 4 is 31.6 Å². The molecule has 2 N–H and O–H groups in total. The third-order valence-corrected chi connectivity index (χ3v) is 3.08. The molecule has 2 aromatic rings. The van der Waals surface area contributed by atoms with Crippen molar-refractivity contribution in [3.05, 3.63) is 29.0 Å². The van der Waals surface area contributed by atoms with Gasteiger partial charge < -0.3 is 0 Å². The van der Waals surface area contributed by atoms with Crippen LogP contribution < -0.4 is 5.14 Å². The van der Waals surface area contributed by atoms with E-state index in [0.29, 0.717) is 5.65 Å². The molecule has 0 bridgehead atoms. The summed E-state index contributed by atoms with van der Waals surface area (Å²) in [6.07, 6.45) is 2.83. The van der Waals surface area contributed by atoms with E-state index in [0.717, 1.165) is 4.47 Å². The van der Waals surface area contributed by atoms with Gasteiger partial charge in [0, 0.05) is 10.7 Å². The zero-order chi connectivity index (χ0) is 10.3. The zero-order valence-corrected chi connectivity index (χ0v) is 9.29. The van der Waals surface area contributed by atoms with Gasteiger partial charge in [0.15, 0.2) is 5.03 Å². The van der Waals surface area contributed by atoms with Crippen LogP contribution in [0.25, 0.3) is 5.65 Å². The van der Waals surface area contributed by atoms with E-state index in [9.17, 15) is 8.42 Å². The number of sulfonamides is 1. The molecule has 0 aliphatic rings. The topological polar surface area (TPSA) is 77.5 Å². The number of pyridine rings is 1. The number of rotatable bonds is 1. The minimum atomic E-state index is -3.72. The van der Waals surface area contributed by atoms with E-state index in [-0.39, 0.29) is 5.03 Å². The molecular weight excluding hydrogens is 270 g/mol. The number of halogens is 1. The lowest BCUT2D eigenvalue weighted by Crippen LogP contribution is -2.14. The fourth-order valence-corrected chi connectivity index (χ4v) is 2.10. The van der Waals surface area contributed by atoms with E-state index >= 15 is 0 Å². The fraction of sp³-hybridized carbons (Fsp3) is 0. The highest BCUT2D eigenvalue weighted by Crippen LogP contribution is 2.15. The Morgan fingerprint density at radius 1 is 1.43 bits per heavy atom. The second-order valence-electron chi connectivity index (χ2n) is 2.72. The molecule has 0 aromatic carbocycles. The van der Waals surface area contributed by atoms with Crippen molar-refractivity contribution in [2.45, 2.75) is 5.03 Å². The second kappa shape index (κ2) is 3.04. The van der Waals surface area contributed by atoms with Crippen molar-refractivity contribution in [2.75, 3.05) is 0 Å². The molecule has 0 unspecified atom stereocenters. The van der Waals surface area contributed by atoms with Crippen LogP contribution in [-0.4, -0.2) is 17.8 Å². The van der Waals surface area contributed by atoms with Crippen molar-refractivity contribution in [3.63, 3.8) is 0 Å². The average Bonchev–Trinajstić information content (AvgIpc) is 2.45. The van der Waals surface area contributed by atoms with Crippen LogP contribution in [0.1, 0.15) is 0 Å². The Morgan fingerprint density at radius 2 is 2.14 bits per heavy atom. The van der Waals surface area contributed by atoms with Crippen LogP contribution in [0.4, 0.5) is 0 Å². The Hall–Kier alpha value is -0.920. The Labute approximate surface area is 88.7 Å². The first kappa shape index (κ1) is 9.63. The first-order valence-corrected chi connectivity index (χ1v) is 5.98. The third-order valence-electron chi connectivity index (χ3n) is 1.73. The number of hydrogen-bond donors (Lipinski definition) is 1. The van der Waals surface area contributed by atoms with Gasteiger partial charge in [0.05, 0.1) is 6.20 Å². The maximum absolute atomic E-state index is 11.1. The Balaban J connectivity index is 2.87. The lowest BCUT2D eigenvalue weighted by molar-refractivity contribution is 0.593. The third kappa shape index (κ3) is 1.54. The standard InChI is InChI=1S/C7H6BrN3O2S/c8-5-1-2-6-10-3-7(11(6)4-5)14(9,12)13/h1-4H,(H2,9,12,13). The Kier molecular flexibility index (Phi) is 2.09. The first-order valence-electron chi connectivity index (χ1n) is 3.64. The predicted octanol–water partition coefficient (Wildman–Crippen LogP) is 0.744. The molecule has 5 nitrogen and oxygen atoms in total. The summed E-state index contributed by atoms with van der Waals surface area (Å²) in [7, 11) is -3.72. The van der Waals surface area contributed by atoms with Crippen LogP contribution in [0, 0.1) is 0 Å². The summed E-state index contributed by atoms with van der Waals surface area (Å²) >= 11 is 3.23. The van der Waals surface area contributed by atoms with E-state index in [4.69, 9.17) is 5.14 Å². The van der Waals surface area contributed by atoms with Gasteiger partial charge in [-0.25, -0.2) is 18.5 Å². The van der Waals surface area contributed by atoms with Gasteiger partial charge in [-0.15, -0.1) is 0 Å². The van der Waals surface area contributed by atoms with Crippen molar-refractivity contribution in [1.82, 2.24) is 9.38 Å². The van der Waals surface area contributed by atoms with E-state index in [1.54, 1.807) is 18.3 Å². The van der Waals surface area contributed by atoms with Gasteiger partial charge in [-0.05, 0) is 28.1 Å². The van der Waals surface area contributed by atoms with Crippen LogP contribution in [0.2, 0.25) is 0 Å². The van der Waals surface area contributed by atoms with Crippen molar-refractivity contribution < 1.29 is 8.42 Å². The van der Waals surface area contributed by atoms with E-state index in [1.165, 1.54) is 10.6 Å². The number of imidazole rings is 1. The summed E-state index contributed by atoms with van der Waals surface area (Å²) in [6, 6.07) is 3.47. The van der Waals surface area contributed by atoms with Crippen molar-refractivity contribution in [2.24, 2.45) is 5.14 Å². The van der Waals surface area contributed by atoms with Crippen LogP contribution in [-0.2, 0) is 10.0 Å². The molecule has 0 radical (unpaired) electrons. The molecule has 0 saturated carbocycles. The Morgan fingerprint density at radius 3 is 2.79 bits per heavy atom. The van der Waals surface area contributed by atoms with Crippen LogP contribution in [0.15, 0.2) is 34.0 Å². The minimum Gasteiger partial charge on any atom is -0.288 e. The maximum Gasteiger partial charge on any atom is 0.255 e. The molecule has 0 aliphatic heterocycles. The number of fused-ring (bicyclic) bond motifs is 1. The summed E-state index contributed by atoms with van der Waals surface area (Å²) in [5, 5.41) is 4.99. The summed E-state index contributed by atoms with van der Waals surface area (Å²) in [5.41, 5.74) is 0.539. The van der Waals surface area contributed by atoms with Crippen LogP contribution in [0.5, 0.6) is 0 Å². The molecular formula is C7H6BrN3O2S. The summed E-state index contributed by atoms with van der Waals surface area (Å²) in [6.45, 7) is 0. The molecule has 0 spiro atoms. The largest absolute Gasteiger partial charge is 0.288 e. The molecule has 2 aromatic heterocycles. The van der Waals surface area contributed by atoms with E-state index in [1.807, 2.05) is 0 Å². The minimum absolute atomic E-state index is 0.0196. The lowest BCUT2D eigenvalue weighted by Gasteiger charge is -1.98. The predicted molar refractivity (Wildman–Crippen MR) is 54.3 cm³/mol. The van der Waals surface area contributed by atoms with E-state index < -0.39 is 10.0 Å². The van der Waals surface area contributed by atoms with Crippen LogP contribution >= 0.6 is 15.9 Å². The monoisotopic (exact) mass is 275 g/mol. The molecule has 7 heteroatoms. The molecule has 74 valence electrons. The van der Waals surface area contributed by atoms with Crippen LogP contribution in [0.3, 0.4) is 0 Å². The number of primary sulfonamides is 1. The molecule has 0 fully saturated rings. The molecule has 2 rings (SSSR count). The quantitative estimate of drug-likeness (QED) is 0.834. The number of nitrogens with two attached hydrogens (primary N) is 1. The van der Waals surface area contributed by atoms with Gasteiger partial charge in [-0.3, -0.25) is 4.40 Å². The normalized spacial score (nSPS) is 12.1. The molecule has 0 atom stereocenters. The number of aromatic nitrogens is 2. The highest BCUT2D eigenvalue weighted by Gasteiger charge is 2.13. The van der Waals surface area contributed by atoms with Gasteiger partial charge >= 0.3 is 0 Å². The highest BCUT2D eigenvalue weighted by molar-refractivity contribution is 9.10. The summed E-state index contributed by atoms with van der Waals surface area (Å²) < 4.78 is 24.4. The highest BCUT2D eigenvalue weighted by atomic mass is 79.9. The Bertz CT molecular complexity index is 590. The van der Waals surface area contributed by atoms with E-state index in [2.05, 4.69) is 20.9 Å². The summed E-state index contributed by atoms with van der Waals surface area (Å²) in [5.74, 6) is 0. The van der Waals surface area contributed by atoms with Gasteiger partial charge in [-0.2, -0.15) is 0 Å². The molecule has 0 amide bonds. The summed E-state index contributed by atoms with van der Waals surface area (Å²) in [4.78, 5) is 3.91. The number of nitrogens with zero attached hydrogens (tertiary/aromatic N) is 2. The van der Waals surface area contributed by atoms with Gasteiger partial charge in [-0.1, -0.05) is 0 Å². The fourth-order valence-electron chi connectivity index (χ4n) is 1.14. The molecule has 0 aliphatic carbocycles. The number of hydrogen-bond acceptors (Lipinski definition) is 3.